The van der Waals surface area contributed by atoms with Gasteiger partial charge in [0.25, 0.3) is 0 Å². The van der Waals surface area contributed by atoms with E-state index in [9.17, 15) is 0 Å². The fourth-order valence-electron chi connectivity index (χ4n) is 3.21. The first kappa shape index (κ1) is 9.17. The molecule has 3 rings (SSSR count). The zero-order valence-electron chi connectivity index (χ0n) is 8.87. The Bertz CT molecular complexity index is 220. The first-order valence-electron chi connectivity index (χ1n) is 6.14. The fraction of sp³-hybridized carbons (Fsp3) is 1.00. The molecule has 2 nitrogen and oxygen atoms in total. The molecule has 2 heteroatoms. The van der Waals surface area contributed by atoms with Crippen molar-refractivity contribution in [3.63, 3.8) is 0 Å². The van der Waals surface area contributed by atoms with Crippen LogP contribution in [-0.4, -0.2) is 18.8 Å². The van der Waals surface area contributed by atoms with E-state index in [1.165, 1.54) is 38.5 Å². The predicted molar refractivity (Wildman–Crippen MR) is 55.9 cm³/mol. The largest absolute Gasteiger partial charge is 0.381 e. The van der Waals surface area contributed by atoms with Crippen LogP contribution in [0, 0.1) is 17.8 Å². The Balaban J connectivity index is 1.51. The van der Waals surface area contributed by atoms with Crippen LogP contribution in [0.15, 0.2) is 0 Å². The van der Waals surface area contributed by atoms with Gasteiger partial charge in [0.05, 0.1) is 0 Å². The number of nitrogens with two attached hydrogens (primary N) is 1. The van der Waals surface area contributed by atoms with E-state index in [1.54, 1.807) is 0 Å². The Morgan fingerprint density at radius 3 is 2.50 bits per heavy atom. The van der Waals surface area contributed by atoms with E-state index in [4.69, 9.17) is 10.5 Å². The van der Waals surface area contributed by atoms with Gasteiger partial charge >= 0.3 is 0 Å². The molecule has 1 heterocycles. The summed E-state index contributed by atoms with van der Waals surface area (Å²) >= 11 is 0. The van der Waals surface area contributed by atoms with Gasteiger partial charge in [0, 0.05) is 18.8 Å². The molecular weight excluding hydrogens is 174 g/mol. The Labute approximate surface area is 86.2 Å². The van der Waals surface area contributed by atoms with Crippen LogP contribution < -0.4 is 5.73 Å². The zero-order chi connectivity index (χ0) is 9.60. The second-order valence-electron chi connectivity index (χ2n) is 5.64. The van der Waals surface area contributed by atoms with Gasteiger partial charge in [-0.3, -0.25) is 0 Å². The van der Waals surface area contributed by atoms with Gasteiger partial charge in [-0.15, -0.1) is 0 Å². The van der Waals surface area contributed by atoms with E-state index in [0.29, 0.717) is 0 Å². The summed E-state index contributed by atoms with van der Waals surface area (Å²) in [6.07, 6.45) is 7.99. The van der Waals surface area contributed by atoms with Crippen molar-refractivity contribution in [3.05, 3.63) is 0 Å². The van der Waals surface area contributed by atoms with Gasteiger partial charge < -0.3 is 10.5 Å². The molecule has 0 bridgehead atoms. The standard InChI is InChI=1S/C12H21NO/c13-12(8-11(12)10-1-2-10)7-9-3-5-14-6-4-9/h9-11H,1-8,13H2. The first-order chi connectivity index (χ1) is 6.78. The molecule has 2 atom stereocenters. The lowest BCUT2D eigenvalue weighted by atomic mass is 9.90. The van der Waals surface area contributed by atoms with E-state index < -0.39 is 0 Å². The van der Waals surface area contributed by atoms with E-state index >= 15 is 0 Å². The molecule has 1 saturated heterocycles. The molecule has 14 heavy (non-hydrogen) atoms. The van der Waals surface area contributed by atoms with Crippen molar-refractivity contribution in [1.29, 1.82) is 0 Å². The molecule has 0 aromatic rings. The lowest BCUT2D eigenvalue weighted by Gasteiger charge is -2.25. The third-order valence-electron chi connectivity index (χ3n) is 4.38. The Morgan fingerprint density at radius 2 is 1.86 bits per heavy atom. The summed E-state index contributed by atoms with van der Waals surface area (Å²) in [7, 11) is 0. The van der Waals surface area contributed by atoms with Crippen molar-refractivity contribution in [3.8, 4) is 0 Å². The fourth-order valence-corrected chi connectivity index (χ4v) is 3.21. The molecule has 2 saturated carbocycles. The van der Waals surface area contributed by atoms with Crippen LogP contribution in [0.1, 0.15) is 38.5 Å². The Kier molecular flexibility index (Phi) is 2.10. The minimum atomic E-state index is 0.253. The summed E-state index contributed by atoms with van der Waals surface area (Å²) < 4.78 is 5.38. The maximum absolute atomic E-state index is 6.42. The molecule has 0 aromatic carbocycles. The highest BCUT2D eigenvalue weighted by Gasteiger charge is 2.57. The average Bonchev–Trinajstić information content (AvgIpc) is 3.03. The first-order valence-corrected chi connectivity index (χ1v) is 6.14. The van der Waals surface area contributed by atoms with Crippen LogP contribution in [0.4, 0.5) is 0 Å². The van der Waals surface area contributed by atoms with Crippen LogP contribution in [0.2, 0.25) is 0 Å². The molecule has 0 amide bonds. The minimum Gasteiger partial charge on any atom is -0.381 e. The van der Waals surface area contributed by atoms with E-state index in [2.05, 4.69) is 0 Å². The predicted octanol–water partition coefficient (Wildman–Crippen LogP) is 1.93. The number of rotatable bonds is 3. The van der Waals surface area contributed by atoms with E-state index in [-0.39, 0.29) is 5.54 Å². The van der Waals surface area contributed by atoms with Crippen molar-refractivity contribution in [2.45, 2.75) is 44.1 Å². The molecular formula is C12H21NO. The Hall–Kier alpha value is -0.0800. The molecule has 0 radical (unpaired) electrons. The van der Waals surface area contributed by atoms with Gasteiger partial charge in [0.1, 0.15) is 0 Å². The molecule has 2 N–H and O–H groups in total. The SMILES string of the molecule is NC1(CC2CCOCC2)CC1C1CC1. The monoisotopic (exact) mass is 195 g/mol. The molecule has 2 aliphatic carbocycles. The van der Waals surface area contributed by atoms with Crippen LogP contribution >= 0.6 is 0 Å². The third-order valence-corrected chi connectivity index (χ3v) is 4.38. The van der Waals surface area contributed by atoms with Gasteiger partial charge in [-0.05, 0) is 56.3 Å². The zero-order valence-corrected chi connectivity index (χ0v) is 8.87. The maximum atomic E-state index is 6.42. The van der Waals surface area contributed by atoms with Crippen molar-refractivity contribution < 1.29 is 4.74 Å². The highest BCUT2D eigenvalue weighted by molar-refractivity contribution is 5.13. The number of hydrogen-bond donors (Lipinski definition) is 1. The Morgan fingerprint density at radius 1 is 1.14 bits per heavy atom. The second-order valence-corrected chi connectivity index (χ2v) is 5.64. The van der Waals surface area contributed by atoms with Gasteiger partial charge in [-0.1, -0.05) is 0 Å². The quantitative estimate of drug-likeness (QED) is 0.747. The molecule has 1 aliphatic heterocycles. The van der Waals surface area contributed by atoms with Gasteiger partial charge in [0.2, 0.25) is 0 Å². The highest BCUT2D eigenvalue weighted by Crippen LogP contribution is 2.58. The molecule has 80 valence electrons. The summed E-state index contributed by atoms with van der Waals surface area (Å²) in [6, 6.07) is 0. The highest BCUT2D eigenvalue weighted by atomic mass is 16.5. The van der Waals surface area contributed by atoms with Crippen LogP contribution in [0.5, 0.6) is 0 Å². The molecule has 0 aromatic heterocycles. The second kappa shape index (κ2) is 3.21. The van der Waals surface area contributed by atoms with E-state index in [0.717, 1.165) is 31.0 Å². The third kappa shape index (κ3) is 1.70. The number of ether oxygens (including phenoxy) is 1. The molecule has 3 fully saturated rings. The van der Waals surface area contributed by atoms with Crippen molar-refractivity contribution in [1.82, 2.24) is 0 Å². The lowest BCUT2D eigenvalue weighted by molar-refractivity contribution is 0.0602. The summed E-state index contributed by atoms with van der Waals surface area (Å²) in [5.41, 5.74) is 6.67. The van der Waals surface area contributed by atoms with E-state index in [1.807, 2.05) is 0 Å². The van der Waals surface area contributed by atoms with Gasteiger partial charge in [0.15, 0.2) is 0 Å². The summed E-state index contributed by atoms with van der Waals surface area (Å²) in [4.78, 5) is 0. The van der Waals surface area contributed by atoms with Gasteiger partial charge in [-0.2, -0.15) is 0 Å². The van der Waals surface area contributed by atoms with Crippen molar-refractivity contribution in [2.24, 2.45) is 23.5 Å². The summed E-state index contributed by atoms with van der Waals surface area (Å²) in [5.74, 6) is 2.77. The maximum Gasteiger partial charge on any atom is 0.0468 e. The van der Waals surface area contributed by atoms with Gasteiger partial charge in [-0.25, -0.2) is 0 Å². The van der Waals surface area contributed by atoms with Crippen LogP contribution in [0.3, 0.4) is 0 Å². The average molecular weight is 195 g/mol. The molecule has 3 aliphatic rings. The lowest BCUT2D eigenvalue weighted by Crippen LogP contribution is -2.31. The van der Waals surface area contributed by atoms with Crippen LogP contribution in [-0.2, 0) is 4.74 Å². The number of hydrogen-bond acceptors (Lipinski definition) is 2. The topological polar surface area (TPSA) is 35.2 Å². The van der Waals surface area contributed by atoms with Crippen LogP contribution in [0.25, 0.3) is 0 Å². The normalized spacial score (nSPS) is 43.9. The summed E-state index contributed by atoms with van der Waals surface area (Å²) in [5, 5.41) is 0. The summed E-state index contributed by atoms with van der Waals surface area (Å²) in [6.45, 7) is 1.93. The smallest absolute Gasteiger partial charge is 0.0468 e. The van der Waals surface area contributed by atoms with Crippen molar-refractivity contribution in [2.75, 3.05) is 13.2 Å². The molecule has 2 unspecified atom stereocenters. The minimum absolute atomic E-state index is 0.253. The van der Waals surface area contributed by atoms with Crippen molar-refractivity contribution >= 4 is 0 Å². The molecule has 0 spiro atoms.